The Labute approximate surface area is 225 Å². The summed E-state index contributed by atoms with van der Waals surface area (Å²) in [5, 5.41) is 21.7. The van der Waals surface area contributed by atoms with Gasteiger partial charge in [-0.05, 0) is 43.9 Å². The number of fused-ring (bicyclic) bond motifs is 2. The Morgan fingerprint density at radius 1 is 1.21 bits per heavy atom. The third-order valence-corrected chi connectivity index (χ3v) is 8.29. The minimum Gasteiger partial charge on any atom is -0.466 e. The van der Waals surface area contributed by atoms with E-state index in [1.54, 1.807) is 11.6 Å². The Balaban J connectivity index is 1.34. The third-order valence-electron chi connectivity index (χ3n) is 8.29. The molecule has 6 rings (SSSR count). The van der Waals surface area contributed by atoms with Crippen LogP contribution in [0.15, 0.2) is 54.6 Å². The van der Waals surface area contributed by atoms with Gasteiger partial charge in [0.1, 0.15) is 23.8 Å². The van der Waals surface area contributed by atoms with Gasteiger partial charge in [0.05, 0.1) is 42.7 Å². The molecule has 3 aromatic rings. The van der Waals surface area contributed by atoms with Gasteiger partial charge in [-0.25, -0.2) is 4.68 Å². The Hall–Kier alpha value is -3.83. The minimum atomic E-state index is -1.18. The first-order valence-corrected chi connectivity index (χ1v) is 13.4. The van der Waals surface area contributed by atoms with Crippen LogP contribution in [0.4, 0.5) is 0 Å². The lowest BCUT2D eigenvalue weighted by molar-refractivity contribution is -0.155. The highest BCUT2D eigenvalue weighted by molar-refractivity contribution is 5.98. The monoisotopic (exact) mass is 533 g/mol. The fourth-order valence-corrected chi connectivity index (χ4v) is 6.71. The fraction of sp³-hybridized carbons (Fsp3) is 0.464. The van der Waals surface area contributed by atoms with Crippen LogP contribution in [0.2, 0.25) is 0 Å². The molecule has 39 heavy (non-hydrogen) atoms. The van der Waals surface area contributed by atoms with Crippen molar-refractivity contribution in [2.45, 2.75) is 56.6 Å². The molecule has 1 spiro atoms. The number of nitrogens with zero attached hydrogens (tertiary/aromatic N) is 4. The van der Waals surface area contributed by atoms with Crippen LogP contribution < -0.4 is 5.32 Å². The van der Waals surface area contributed by atoms with Gasteiger partial charge < -0.3 is 24.8 Å². The third kappa shape index (κ3) is 4.07. The molecule has 3 saturated heterocycles. The molecule has 2 N–H and O–H groups in total. The molecule has 4 heterocycles. The van der Waals surface area contributed by atoms with Gasteiger partial charge in [-0.2, -0.15) is 0 Å². The molecule has 3 aliphatic rings. The molecule has 0 saturated carbocycles. The average molecular weight is 534 g/mol. The zero-order valence-electron chi connectivity index (χ0n) is 21.6. The van der Waals surface area contributed by atoms with E-state index in [9.17, 15) is 19.5 Å². The summed E-state index contributed by atoms with van der Waals surface area (Å²) in [5.41, 5.74) is 1.18. The van der Waals surface area contributed by atoms with Crippen molar-refractivity contribution < 1.29 is 29.0 Å². The van der Waals surface area contributed by atoms with Crippen LogP contribution in [-0.4, -0.2) is 79.8 Å². The topological polar surface area (TPSA) is 136 Å². The number of aliphatic hydroxyl groups excluding tert-OH is 1. The van der Waals surface area contributed by atoms with E-state index in [-0.39, 0.29) is 25.8 Å². The van der Waals surface area contributed by atoms with Gasteiger partial charge in [-0.3, -0.25) is 14.4 Å². The largest absolute Gasteiger partial charge is 0.466 e. The highest BCUT2D eigenvalue weighted by Gasteiger charge is 2.75. The standard InChI is InChI=1S/C28H31N5O6/c1-2-38-27(37)22-21-12-13-28(39-21)23(22)26(36)33(18(15-34)14-17-8-4-3-5-9-17)24(28)25(35)29-16-32-20-11-7-6-10-19(20)30-31-32/h3-11,18,21-24,34H,2,12-16H2,1H3,(H,29,35)/t18-,21+,22-,23-,24+,28-/m1/s1. The smallest absolute Gasteiger partial charge is 0.312 e. The molecule has 204 valence electrons. The summed E-state index contributed by atoms with van der Waals surface area (Å²) in [4.78, 5) is 42.6. The molecule has 6 atom stereocenters. The molecular weight excluding hydrogens is 502 g/mol. The molecule has 11 heteroatoms. The van der Waals surface area contributed by atoms with Crippen LogP contribution in [0.3, 0.4) is 0 Å². The molecule has 1 aromatic heterocycles. The number of amides is 2. The number of hydrogen-bond acceptors (Lipinski definition) is 8. The molecule has 0 unspecified atom stereocenters. The first-order valence-electron chi connectivity index (χ1n) is 13.4. The van der Waals surface area contributed by atoms with Gasteiger partial charge in [0.15, 0.2) is 0 Å². The normalized spacial score (nSPS) is 28.1. The number of hydrogen-bond donors (Lipinski definition) is 2. The van der Waals surface area contributed by atoms with E-state index in [0.29, 0.717) is 24.8 Å². The summed E-state index contributed by atoms with van der Waals surface area (Å²) in [6.07, 6.45) is 0.850. The maximum atomic E-state index is 14.1. The molecule has 3 fully saturated rings. The van der Waals surface area contributed by atoms with Gasteiger partial charge in [0, 0.05) is 0 Å². The van der Waals surface area contributed by atoms with Gasteiger partial charge >= 0.3 is 5.97 Å². The molecule has 11 nitrogen and oxygen atoms in total. The second-order valence-corrected chi connectivity index (χ2v) is 10.4. The molecule has 2 amide bonds. The van der Waals surface area contributed by atoms with E-state index in [1.807, 2.05) is 54.6 Å². The number of benzene rings is 2. The van der Waals surface area contributed by atoms with E-state index in [2.05, 4.69) is 15.6 Å². The quantitative estimate of drug-likeness (QED) is 0.390. The van der Waals surface area contributed by atoms with E-state index in [1.165, 1.54) is 4.90 Å². The summed E-state index contributed by atoms with van der Waals surface area (Å²) in [5.74, 6) is -2.93. The van der Waals surface area contributed by atoms with Crippen molar-refractivity contribution >= 4 is 28.8 Å². The van der Waals surface area contributed by atoms with Crippen molar-refractivity contribution in [2.24, 2.45) is 11.8 Å². The lowest BCUT2D eigenvalue weighted by Gasteiger charge is -2.36. The van der Waals surface area contributed by atoms with Crippen LogP contribution in [0.5, 0.6) is 0 Å². The molecule has 0 radical (unpaired) electrons. The summed E-state index contributed by atoms with van der Waals surface area (Å²) in [7, 11) is 0. The van der Waals surface area contributed by atoms with Crippen LogP contribution >= 0.6 is 0 Å². The number of esters is 1. The molecule has 3 aliphatic heterocycles. The Morgan fingerprint density at radius 2 is 1.97 bits per heavy atom. The van der Waals surface area contributed by atoms with Crippen molar-refractivity contribution in [3.8, 4) is 0 Å². The Bertz CT molecular complexity index is 1400. The number of ether oxygens (including phenoxy) is 2. The average Bonchev–Trinajstić information content (AvgIpc) is 3.70. The van der Waals surface area contributed by atoms with Crippen molar-refractivity contribution in [1.82, 2.24) is 25.2 Å². The number of carbonyl (C=O) groups excluding carboxylic acids is 3. The minimum absolute atomic E-state index is 0.0336. The van der Waals surface area contributed by atoms with Crippen molar-refractivity contribution in [1.29, 1.82) is 0 Å². The first kappa shape index (κ1) is 25.4. The summed E-state index contributed by atoms with van der Waals surface area (Å²) < 4.78 is 13.3. The Kier molecular flexibility index (Phi) is 6.56. The first-order chi connectivity index (χ1) is 19.0. The predicted molar refractivity (Wildman–Crippen MR) is 138 cm³/mol. The SMILES string of the molecule is CCOC(=O)[C@@H]1[C@@H]2CC[C@]3(O2)[C@H](C(=O)NCn2nnc4ccccc42)N([C@@H](CO)Cc2ccccc2)C(=O)[C@@H]13. The lowest BCUT2D eigenvalue weighted by Crippen LogP contribution is -2.58. The highest BCUT2D eigenvalue weighted by atomic mass is 16.6. The van der Waals surface area contributed by atoms with E-state index >= 15 is 0 Å². The summed E-state index contributed by atoms with van der Waals surface area (Å²) in [6, 6.07) is 15.2. The van der Waals surface area contributed by atoms with Crippen molar-refractivity contribution in [3.05, 3.63) is 60.2 Å². The second-order valence-electron chi connectivity index (χ2n) is 10.4. The van der Waals surface area contributed by atoms with E-state index in [4.69, 9.17) is 9.47 Å². The summed E-state index contributed by atoms with van der Waals surface area (Å²) in [6.45, 7) is 1.58. The van der Waals surface area contributed by atoms with Gasteiger partial charge in [-0.1, -0.05) is 47.7 Å². The second kappa shape index (κ2) is 10.0. The zero-order valence-corrected chi connectivity index (χ0v) is 21.6. The Morgan fingerprint density at radius 3 is 2.74 bits per heavy atom. The van der Waals surface area contributed by atoms with Gasteiger partial charge in [-0.15, -0.1) is 5.10 Å². The van der Waals surface area contributed by atoms with Crippen LogP contribution in [0.1, 0.15) is 25.3 Å². The molecule has 2 bridgehead atoms. The van der Waals surface area contributed by atoms with Crippen LogP contribution in [0.25, 0.3) is 11.0 Å². The van der Waals surface area contributed by atoms with E-state index in [0.717, 1.165) is 11.1 Å². The van der Waals surface area contributed by atoms with E-state index < -0.39 is 47.5 Å². The molecule has 0 aliphatic carbocycles. The lowest BCUT2D eigenvalue weighted by atomic mass is 9.71. The number of para-hydroxylation sites is 1. The maximum Gasteiger partial charge on any atom is 0.312 e. The molecular formula is C28H31N5O6. The number of carbonyl (C=O) groups is 3. The number of rotatable bonds is 9. The van der Waals surface area contributed by atoms with Crippen molar-refractivity contribution in [2.75, 3.05) is 13.2 Å². The highest BCUT2D eigenvalue weighted by Crippen LogP contribution is 2.59. The predicted octanol–water partition coefficient (Wildman–Crippen LogP) is 1.05. The van der Waals surface area contributed by atoms with Crippen molar-refractivity contribution in [3.63, 3.8) is 0 Å². The van der Waals surface area contributed by atoms with Gasteiger partial charge in [0.25, 0.3) is 0 Å². The number of aliphatic hydroxyl groups is 1. The summed E-state index contributed by atoms with van der Waals surface area (Å²) >= 11 is 0. The fourth-order valence-electron chi connectivity index (χ4n) is 6.71. The zero-order chi connectivity index (χ0) is 27.1. The van der Waals surface area contributed by atoms with Crippen LogP contribution in [0, 0.1) is 11.8 Å². The number of nitrogens with one attached hydrogen (secondary N) is 1. The molecule has 2 aromatic carbocycles. The number of likely N-dealkylation sites (tertiary alicyclic amines) is 1. The van der Waals surface area contributed by atoms with Crippen LogP contribution in [-0.2, 0) is 36.9 Å². The van der Waals surface area contributed by atoms with Gasteiger partial charge in [0.2, 0.25) is 11.8 Å². The number of aromatic nitrogens is 3. The maximum absolute atomic E-state index is 14.1.